The van der Waals surface area contributed by atoms with Crippen LogP contribution in [-0.4, -0.2) is 18.5 Å². The number of aryl methyl sites for hydroxylation is 1. The second kappa shape index (κ2) is 4.43. The van der Waals surface area contributed by atoms with Crippen molar-refractivity contribution in [3.63, 3.8) is 0 Å². The molecule has 0 aliphatic carbocycles. The fourth-order valence-electron chi connectivity index (χ4n) is 1.90. The summed E-state index contributed by atoms with van der Waals surface area (Å²) in [6.07, 6.45) is 1.53. The largest absolute Gasteiger partial charge is 0.397 e. The van der Waals surface area contributed by atoms with Crippen molar-refractivity contribution in [2.75, 3.05) is 17.6 Å². The molecule has 4 N–H and O–H groups in total. The molecule has 1 aromatic carbocycles. The molecule has 1 aliphatic heterocycles. The molecule has 0 saturated carbocycles. The van der Waals surface area contributed by atoms with E-state index in [0.717, 1.165) is 29.9 Å². The summed E-state index contributed by atoms with van der Waals surface area (Å²) in [7, 11) is 0. The van der Waals surface area contributed by atoms with E-state index in [1.54, 1.807) is 0 Å². The molecule has 0 bridgehead atoms. The van der Waals surface area contributed by atoms with Crippen molar-refractivity contribution in [3.8, 4) is 0 Å². The Morgan fingerprint density at radius 3 is 3.06 bits per heavy atom. The van der Waals surface area contributed by atoms with Crippen molar-refractivity contribution < 1.29 is 4.79 Å². The highest BCUT2D eigenvalue weighted by atomic mass is 16.1. The average molecular weight is 219 g/mol. The quantitative estimate of drug-likeness (QED) is 0.671. The number of nitrogens with one attached hydrogen (secondary N) is 2. The fourth-order valence-corrected chi connectivity index (χ4v) is 1.90. The summed E-state index contributed by atoms with van der Waals surface area (Å²) < 4.78 is 0. The van der Waals surface area contributed by atoms with Gasteiger partial charge in [0.25, 0.3) is 0 Å². The summed E-state index contributed by atoms with van der Waals surface area (Å²) in [5.74, 6) is 0.143. The summed E-state index contributed by atoms with van der Waals surface area (Å²) in [6.45, 7) is 2.72. The summed E-state index contributed by atoms with van der Waals surface area (Å²) in [4.78, 5) is 11.0. The van der Waals surface area contributed by atoms with Crippen LogP contribution < -0.4 is 16.4 Å². The van der Waals surface area contributed by atoms with Crippen LogP contribution in [0.15, 0.2) is 18.2 Å². The molecular formula is C12H17N3O. The molecule has 2 rings (SSSR count). The maximum Gasteiger partial charge on any atom is 0.220 e. The van der Waals surface area contributed by atoms with Crippen molar-refractivity contribution in [1.29, 1.82) is 0 Å². The number of carbonyl (C=O) groups excluding carboxylic acids is 1. The number of hydrogen-bond donors (Lipinski definition) is 3. The van der Waals surface area contributed by atoms with E-state index in [4.69, 9.17) is 5.73 Å². The van der Waals surface area contributed by atoms with Gasteiger partial charge in [-0.3, -0.25) is 4.79 Å². The van der Waals surface area contributed by atoms with E-state index in [1.165, 1.54) is 0 Å². The van der Waals surface area contributed by atoms with Gasteiger partial charge in [0.2, 0.25) is 5.91 Å². The lowest BCUT2D eigenvalue weighted by atomic mass is 10.1. The molecule has 1 aliphatic rings. The molecule has 0 aromatic heterocycles. The zero-order chi connectivity index (χ0) is 11.5. The van der Waals surface area contributed by atoms with E-state index < -0.39 is 0 Å². The van der Waals surface area contributed by atoms with E-state index in [2.05, 4.69) is 10.6 Å². The van der Waals surface area contributed by atoms with Gasteiger partial charge in [-0.1, -0.05) is 12.1 Å². The fraction of sp³-hybridized carbons (Fsp3) is 0.417. The Morgan fingerprint density at radius 2 is 2.38 bits per heavy atom. The molecule has 4 heteroatoms. The Balaban J connectivity index is 1.94. The van der Waals surface area contributed by atoms with Crippen molar-refractivity contribution in [2.24, 2.45) is 0 Å². The second-order valence-electron chi connectivity index (χ2n) is 4.22. The number of hydrogen-bond acceptors (Lipinski definition) is 3. The first-order valence-corrected chi connectivity index (χ1v) is 5.55. The molecule has 1 fully saturated rings. The zero-order valence-electron chi connectivity index (χ0n) is 9.42. The maximum absolute atomic E-state index is 11.0. The van der Waals surface area contributed by atoms with Gasteiger partial charge in [-0.05, 0) is 25.0 Å². The second-order valence-corrected chi connectivity index (χ2v) is 4.22. The lowest BCUT2D eigenvalue weighted by Crippen LogP contribution is -2.31. The van der Waals surface area contributed by atoms with Crippen molar-refractivity contribution >= 4 is 17.3 Å². The summed E-state index contributed by atoms with van der Waals surface area (Å²) in [5.41, 5.74) is 8.74. The Bertz CT molecular complexity index is 403. The minimum atomic E-state index is 0.143. The third kappa shape index (κ3) is 2.27. The van der Waals surface area contributed by atoms with Crippen molar-refractivity contribution in [2.45, 2.75) is 25.8 Å². The number of benzene rings is 1. The minimum Gasteiger partial charge on any atom is -0.397 e. The van der Waals surface area contributed by atoms with E-state index >= 15 is 0 Å². The molecule has 1 unspecified atom stereocenters. The molecule has 1 aromatic rings. The van der Waals surface area contributed by atoms with Crippen LogP contribution in [0.2, 0.25) is 0 Å². The van der Waals surface area contributed by atoms with Crippen LogP contribution in [0, 0.1) is 6.92 Å². The van der Waals surface area contributed by atoms with Gasteiger partial charge in [-0.2, -0.15) is 0 Å². The zero-order valence-corrected chi connectivity index (χ0v) is 9.42. The van der Waals surface area contributed by atoms with Crippen LogP contribution in [-0.2, 0) is 4.79 Å². The first-order valence-electron chi connectivity index (χ1n) is 5.55. The highest BCUT2D eigenvalue weighted by molar-refractivity contribution is 5.78. The summed E-state index contributed by atoms with van der Waals surface area (Å²) >= 11 is 0. The van der Waals surface area contributed by atoms with Gasteiger partial charge in [0.1, 0.15) is 0 Å². The number of anilines is 2. The number of rotatable bonds is 3. The summed E-state index contributed by atoms with van der Waals surface area (Å²) in [6, 6.07) is 6.14. The molecule has 1 atom stereocenters. The van der Waals surface area contributed by atoms with Crippen LogP contribution >= 0.6 is 0 Å². The third-order valence-corrected chi connectivity index (χ3v) is 2.95. The molecule has 0 spiro atoms. The Labute approximate surface area is 95.2 Å². The van der Waals surface area contributed by atoms with E-state index in [1.807, 2.05) is 25.1 Å². The van der Waals surface area contributed by atoms with Crippen molar-refractivity contribution in [1.82, 2.24) is 5.32 Å². The van der Waals surface area contributed by atoms with Crippen LogP contribution in [0.4, 0.5) is 11.4 Å². The SMILES string of the molecule is Cc1cccc(NCC2CCC(=O)N2)c1N. The molecule has 16 heavy (non-hydrogen) atoms. The number of nitrogen functional groups attached to an aromatic ring is 1. The Hall–Kier alpha value is -1.71. The number of carbonyl (C=O) groups is 1. The van der Waals surface area contributed by atoms with Crippen LogP contribution in [0.1, 0.15) is 18.4 Å². The lowest BCUT2D eigenvalue weighted by molar-refractivity contribution is -0.119. The highest BCUT2D eigenvalue weighted by Crippen LogP contribution is 2.22. The predicted octanol–water partition coefficient (Wildman–Crippen LogP) is 1.27. The van der Waals surface area contributed by atoms with Gasteiger partial charge < -0.3 is 16.4 Å². The van der Waals surface area contributed by atoms with Gasteiger partial charge in [0.05, 0.1) is 11.4 Å². The monoisotopic (exact) mass is 219 g/mol. The third-order valence-electron chi connectivity index (χ3n) is 2.95. The molecule has 1 saturated heterocycles. The van der Waals surface area contributed by atoms with Crippen LogP contribution in [0.25, 0.3) is 0 Å². The number of nitrogens with two attached hydrogens (primary N) is 1. The van der Waals surface area contributed by atoms with E-state index in [0.29, 0.717) is 6.42 Å². The normalized spacial score (nSPS) is 19.6. The van der Waals surface area contributed by atoms with E-state index in [-0.39, 0.29) is 11.9 Å². The van der Waals surface area contributed by atoms with E-state index in [9.17, 15) is 4.79 Å². The minimum absolute atomic E-state index is 0.143. The Kier molecular flexibility index (Phi) is 2.99. The highest BCUT2D eigenvalue weighted by Gasteiger charge is 2.20. The van der Waals surface area contributed by atoms with Gasteiger partial charge in [0, 0.05) is 19.0 Å². The van der Waals surface area contributed by atoms with Gasteiger partial charge in [-0.15, -0.1) is 0 Å². The Morgan fingerprint density at radius 1 is 1.56 bits per heavy atom. The average Bonchev–Trinajstić information content (AvgIpc) is 2.67. The molecule has 4 nitrogen and oxygen atoms in total. The predicted molar refractivity (Wildman–Crippen MR) is 65.2 cm³/mol. The number of para-hydroxylation sites is 1. The molecular weight excluding hydrogens is 202 g/mol. The smallest absolute Gasteiger partial charge is 0.220 e. The summed E-state index contributed by atoms with van der Waals surface area (Å²) in [5, 5.41) is 6.19. The topological polar surface area (TPSA) is 67.2 Å². The molecule has 1 heterocycles. The van der Waals surface area contributed by atoms with Crippen molar-refractivity contribution in [3.05, 3.63) is 23.8 Å². The number of amides is 1. The molecule has 86 valence electrons. The first-order chi connectivity index (χ1) is 7.66. The van der Waals surface area contributed by atoms with Gasteiger partial charge in [-0.25, -0.2) is 0 Å². The van der Waals surface area contributed by atoms with Crippen LogP contribution in [0.5, 0.6) is 0 Å². The lowest BCUT2D eigenvalue weighted by Gasteiger charge is -2.14. The van der Waals surface area contributed by atoms with Gasteiger partial charge >= 0.3 is 0 Å². The van der Waals surface area contributed by atoms with Gasteiger partial charge in [0.15, 0.2) is 0 Å². The molecule has 1 amide bonds. The maximum atomic E-state index is 11.0. The van der Waals surface area contributed by atoms with Crippen LogP contribution in [0.3, 0.4) is 0 Å². The molecule has 0 radical (unpaired) electrons. The first kappa shape index (κ1) is 10.8. The standard InChI is InChI=1S/C12H17N3O/c1-8-3-2-4-10(12(8)13)14-7-9-5-6-11(16)15-9/h2-4,9,14H,5-7,13H2,1H3,(H,15,16).